The molecule has 0 aromatic heterocycles. The fourth-order valence-electron chi connectivity index (χ4n) is 3.33. The van der Waals surface area contributed by atoms with E-state index >= 15 is 0 Å². The second-order valence-electron chi connectivity index (χ2n) is 7.79. The van der Waals surface area contributed by atoms with Gasteiger partial charge in [-0.2, -0.15) is 0 Å². The van der Waals surface area contributed by atoms with Crippen molar-refractivity contribution >= 4 is 36.1 Å². The maximum atomic E-state index is 12.7. The molecule has 1 aliphatic heterocycles. The van der Waals surface area contributed by atoms with E-state index in [9.17, 15) is 24.0 Å². The van der Waals surface area contributed by atoms with Crippen molar-refractivity contribution in [1.29, 1.82) is 0 Å². The lowest BCUT2D eigenvalue weighted by atomic mass is 10.1. The smallest absolute Gasteiger partial charge is 0.417 e. The first-order valence-corrected chi connectivity index (χ1v) is 10.9. The van der Waals surface area contributed by atoms with Crippen LogP contribution >= 0.6 is 0 Å². The molecular weight excluding hydrogens is 444 g/mol. The van der Waals surface area contributed by atoms with Crippen molar-refractivity contribution in [1.82, 2.24) is 15.5 Å². The van der Waals surface area contributed by atoms with Crippen molar-refractivity contribution in [2.24, 2.45) is 16.5 Å². The van der Waals surface area contributed by atoms with Crippen LogP contribution in [-0.2, 0) is 30.5 Å². The minimum atomic E-state index is -1.09. The molecule has 0 aliphatic carbocycles. The van der Waals surface area contributed by atoms with Gasteiger partial charge in [-0.15, -0.1) is 0 Å². The molecule has 0 spiro atoms. The first-order chi connectivity index (χ1) is 16.2. The first-order valence-electron chi connectivity index (χ1n) is 10.9. The Bertz CT molecular complexity index is 918. The summed E-state index contributed by atoms with van der Waals surface area (Å²) in [6, 6.07) is 6.03. The van der Waals surface area contributed by atoms with E-state index in [1.807, 2.05) is 6.07 Å². The van der Waals surface area contributed by atoms with Crippen LogP contribution in [0.2, 0.25) is 0 Å². The van der Waals surface area contributed by atoms with Gasteiger partial charge in [-0.3, -0.25) is 19.4 Å². The van der Waals surface area contributed by atoms with Crippen LogP contribution in [-0.4, -0.2) is 65.6 Å². The molecule has 2 rings (SSSR count). The van der Waals surface area contributed by atoms with Crippen LogP contribution in [0.5, 0.6) is 0 Å². The average molecular weight is 475 g/mol. The highest BCUT2D eigenvalue weighted by Crippen LogP contribution is 2.21. The van der Waals surface area contributed by atoms with Gasteiger partial charge in [0.1, 0.15) is 25.0 Å². The van der Waals surface area contributed by atoms with Gasteiger partial charge < -0.3 is 31.6 Å². The molecule has 0 bridgehead atoms. The number of hydrogen-bond acceptors (Lipinski definition) is 7. The molecular formula is C22H30N6O6. The van der Waals surface area contributed by atoms with Gasteiger partial charge in [0.15, 0.2) is 5.96 Å². The van der Waals surface area contributed by atoms with E-state index in [4.69, 9.17) is 16.2 Å². The molecule has 1 aromatic rings. The number of aliphatic imine (C=N–C) groups is 1. The molecule has 0 saturated carbocycles. The quantitative estimate of drug-likeness (QED) is 0.144. The Morgan fingerprint density at radius 1 is 1.24 bits per heavy atom. The summed E-state index contributed by atoms with van der Waals surface area (Å²) in [6.07, 6.45) is 0.549. The largest absolute Gasteiger partial charge is 0.444 e. The van der Waals surface area contributed by atoms with Crippen LogP contribution in [0.3, 0.4) is 0 Å². The Kier molecular flexibility index (Phi) is 9.99. The molecule has 6 N–H and O–H groups in total. The predicted octanol–water partition coefficient (Wildman–Crippen LogP) is -0.444. The van der Waals surface area contributed by atoms with Crippen LogP contribution in [0.1, 0.15) is 38.2 Å². The van der Waals surface area contributed by atoms with Crippen LogP contribution in [0.4, 0.5) is 4.79 Å². The highest BCUT2D eigenvalue weighted by atomic mass is 16.6. The number of nitrogens with one attached hydrogen (secondary N) is 2. The minimum absolute atomic E-state index is 0.00210. The number of likely N-dealkylation sites (tertiary alicyclic amines) is 1. The number of nitrogens with two attached hydrogens (primary N) is 2. The standard InChI is InChI=1S/C22H30N6O6/c1-14(19(31)27-16(12-29)8-5-11-25-21(23)24)26-20(32)17-9-10-18(30)28(17)22(33)34-13-15-6-3-2-4-7-15/h2-4,6-7,12,14,16-17H,5,8-11,13H2,1H3,(H,26,32)(H,27,31)(H4,23,24,25)/t14-,16-,17-/m0/s1. The summed E-state index contributed by atoms with van der Waals surface area (Å²) in [5, 5.41) is 5.02. The van der Waals surface area contributed by atoms with E-state index in [2.05, 4.69) is 15.6 Å². The number of aldehydes is 1. The zero-order valence-corrected chi connectivity index (χ0v) is 18.9. The Morgan fingerprint density at radius 3 is 2.59 bits per heavy atom. The van der Waals surface area contributed by atoms with Gasteiger partial charge in [0.25, 0.3) is 0 Å². The monoisotopic (exact) mass is 474 g/mol. The summed E-state index contributed by atoms with van der Waals surface area (Å²) in [7, 11) is 0. The van der Waals surface area contributed by atoms with E-state index in [1.165, 1.54) is 6.92 Å². The van der Waals surface area contributed by atoms with Gasteiger partial charge in [-0.1, -0.05) is 30.3 Å². The molecule has 1 aliphatic rings. The van der Waals surface area contributed by atoms with Crippen molar-refractivity contribution in [3.05, 3.63) is 35.9 Å². The lowest BCUT2D eigenvalue weighted by Crippen LogP contribution is -2.54. The number of carbonyl (C=O) groups excluding carboxylic acids is 5. The van der Waals surface area contributed by atoms with Gasteiger partial charge >= 0.3 is 6.09 Å². The highest BCUT2D eigenvalue weighted by Gasteiger charge is 2.42. The van der Waals surface area contributed by atoms with Gasteiger partial charge in [-0.25, -0.2) is 9.69 Å². The summed E-state index contributed by atoms with van der Waals surface area (Å²) < 4.78 is 5.19. The van der Waals surface area contributed by atoms with Crippen molar-refractivity contribution < 1.29 is 28.7 Å². The third-order valence-electron chi connectivity index (χ3n) is 5.13. The molecule has 12 nitrogen and oxygen atoms in total. The van der Waals surface area contributed by atoms with Gasteiger partial charge in [0.05, 0.1) is 6.04 Å². The number of benzene rings is 1. The van der Waals surface area contributed by atoms with Crippen molar-refractivity contribution in [3.8, 4) is 0 Å². The summed E-state index contributed by atoms with van der Waals surface area (Å²) >= 11 is 0. The number of hydrogen-bond donors (Lipinski definition) is 4. The second kappa shape index (κ2) is 12.9. The predicted molar refractivity (Wildman–Crippen MR) is 122 cm³/mol. The topological polar surface area (TPSA) is 186 Å². The summed E-state index contributed by atoms with van der Waals surface area (Å²) in [5.41, 5.74) is 11.2. The zero-order valence-electron chi connectivity index (χ0n) is 18.9. The number of imide groups is 1. The average Bonchev–Trinajstić information content (AvgIpc) is 3.21. The van der Waals surface area contributed by atoms with Crippen LogP contribution in [0, 0.1) is 0 Å². The van der Waals surface area contributed by atoms with Gasteiger partial charge in [0, 0.05) is 13.0 Å². The SMILES string of the molecule is C[C@H](NC(=O)[C@@H]1CCC(=O)N1C(=O)OCc1ccccc1)C(=O)N[C@H](C=O)CCCN=C(N)N. The zero-order chi connectivity index (χ0) is 25.1. The Labute approximate surface area is 197 Å². The molecule has 0 radical (unpaired) electrons. The molecule has 1 heterocycles. The number of rotatable bonds is 11. The van der Waals surface area contributed by atoms with Crippen LogP contribution in [0.25, 0.3) is 0 Å². The molecule has 12 heteroatoms. The van der Waals surface area contributed by atoms with E-state index < -0.39 is 41.9 Å². The molecule has 1 saturated heterocycles. The van der Waals surface area contributed by atoms with E-state index in [0.717, 1.165) is 10.5 Å². The minimum Gasteiger partial charge on any atom is -0.444 e. The highest BCUT2D eigenvalue weighted by molar-refractivity contribution is 6.01. The van der Waals surface area contributed by atoms with Crippen molar-refractivity contribution in [2.45, 2.75) is 57.3 Å². The first kappa shape index (κ1) is 26.3. The van der Waals surface area contributed by atoms with Crippen LogP contribution in [0.15, 0.2) is 35.3 Å². The molecule has 4 amide bonds. The molecule has 0 unspecified atom stereocenters. The number of nitrogens with zero attached hydrogens (tertiary/aromatic N) is 2. The summed E-state index contributed by atoms with van der Waals surface area (Å²) in [4.78, 5) is 65.7. The summed E-state index contributed by atoms with van der Waals surface area (Å²) in [5.74, 6) is -1.85. The molecule has 34 heavy (non-hydrogen) atoms. The normalized spacial score (nSPS) is 16.8. The number of ether oxygens (including phenoxy) is 1. The van der Waals surface area contributed by atoms with E-state index in [-0.39, 0.29) is 25.4 Å². The fourth-order valence-corrected chi connectivity index (χ4v) is 3.33. The van der Waals surface area contributed by atoms with Gasteiger partial charge in [-0.05, 0) is 31.7 Å². The second-order valence-corrected chi connectivity index (χ2v) is 7.79. The van der Waals surface area contributed by atoms with Gasteiger partial charge in [0.2, 0.25) is 17.7 Å². The Hall–Kier alpha value is -3.96. The maximum Gasteiger partial charge on any atom is 0.417 e. The van der Waals surface area contributed by atoms with E-state index in [1.54, 1.807) is 24.3 Å². The summed E-state index contributed by atoms with van der Waals surface area (Å²) in [6.45, 7) is 1.69. The third kappa shape index (κ3) is 7.87. The Morgan fingerprint density at radius 2 is 1.94 bits per heavy atom. The van der Waals surface area contributed by atoms with Crippen LogP contribution < -0.4 is 22.1 Å². The number of guanidine groups is 1. The molecule has 1 fully saturated rings. The lowest BCUT2D eigenvalue weighted by molar-refractivity contribution is -0.135. The maximum absolute atomic E-state index is 12.7. The third-order valence-corrected chi connectivity index (χ3v) is 5.13. The lowest BCUT2D eigenvalue weighted by Gasteiger charge is -2.24. The van der Waals surface area contributed by atoms with Crippen molar-refractivity contribution in [2.75, 3.05) is 6.54 Å². The van der Waals surface area contributed by atoms with E-state index in [0.29, 0.717) is 25.7 Å². The molecule has 3 atom stereocenters. The van der Waals surface area contributed by atoms with Crippen molar-refractivity contribution in [3.63, 3.8) is 0 Å². The number of amides is 4. The fraction of sp³-hybridized carbons (Fsp3) is 0.455. The molecule has 184 valence electrons. The number of carbonyl (C=O) groups is 5. The Balaban J connectivity index is 1.88. The molecule has 1 aromatic carbocycles.